The maximum atomic E-state index is 9.89. The maximum Gasteiger partial charge on any atom is 0.350 e. The lowest BCUT2D eigenvalue weighted by Crippen LogP contribution is -1.99. The van der Waals surface area contributed by atoms with Crippen LogP contribution in [0.1, 0.15) is 0 Å². The summed E-state index contributed by atoms with van der Waals surface area (Å²) in [7, 11) is -4.36. The van der Waals surface area contributed by atoms with Crippen LogP contribution in [-0.4, -0.2) is 21.2 Å². The summed E-state index contributed by atoms with van der Waals surface area (Å²) in [5, 5.41) is -1.69. The van der Waals surface area contributed by atoms with E-state index >= 15 is 0 Å². The highest BCUT2D eigenvalue weighted by atomic mass is 35.5. The number of hydrogen-bond donors (Lipinski definition) is 2. The second-order valence-corrected chi connectivity index (χ2v) is 3.61. The molecule has 0 spiro atoms. The first-order valence-electron chi connectivity index (χ1n) is 1.63. The molecular weight excluding hydrogens is 154 g/mol. The summed E-state index contributed by atoms with van der Waals surface area (Å²) in [6.07, 6.45) is 0.00231. The fraction of sp³-hybridized carbons (Fsp3) is 0.500. The zero-order valence-electron chi connectivity index (χ0n) is 3.69. The van der Waals surface area contributed by atoms with Crippen molar-refractivity contribution < 1.29 is 19.1 Å². The summed E-state index contributed by atoms with van der Waals surface area (Å²) in [4.78, 5) is 25.6. The third-order valence-corrected chi connectivity index (χ3v) is 2.06. The zero-order chi connectivity index (χ0) is 6.78. The van der Waals surface area contributed by atoms with Gasteiger partial charge in [0.05, 0.1) is 0 Å². The van der Waals surface area contributed by atoms with Gasteiger partial charge in [0, 0.05) is 0 Å². The normalized spacial score (nSPS) is 15.4. The van der Waals surface area contributed by atoms with Crippen LogP contribution < -0.4 is 0 Å². The lowest BCUT2D eigenvalue weighted by atomic mass is 10.9. The average molecular weight is 158 g/mol. The van der Waals surface area contributed by atoms with Crippen molar-refractivity contribution in [3.05, 3.63) is 0 Å². The molecule has 0 aliphatic heterocycles. The minimum atomic E-state index is -4.36. The van der Waals surface area contributed by atoms with Gasteiger partial charge in [0.15, 0.2) is 5.12 Å². The molecule has 0 radical (unpaired) electrons. The molecule has 0 aliphatic rings. The SMILES string of the molecule is O=CC(Cl)P(=O)(O)O. The van der Waals surface area contributed by atoms with Crippen LogP contribution in [0.2, 0.25) is 0 Å². The molecule has 0 fully saturated rings. The number of carbonyl (C=O) groups is 1. The molecule has 0 bridgehead atoms. The van der Waals surface area contributed by atoms with Gasteiger partial charge in [-0.2, -0.15) is 0 Å². The van der Waals surface area contributed by atoms with E-state index in [1.54, 1.807) is 0 Å². The van der Waals surface area contributed by atoms with Crippen LogP contribution in [-0.2, 0) is 9.36 Å². The summed E-state index contributed by atoms with van der Waals surface area (Å²) in [6, 6.07) is 0. The molecule has 2 N–H and O–H groups in total. The lowest BCUT2D eigenvalue weighted by Gasteiger charge is -2.00. The van der Waals surface area contributed by atoms with Crippen LogP contribution >= 0.6 is 19.2 Å². The topological polar surface area (TPSA) is 74.6 Å². The van der Waals surface area contributed by atoms with E-state index < -0.39 is 12.7 Å². The van der Waals surface area contributed by atoms with Gasteiger partial charge in [-0.05, 0) is 0 Å². The van der Waals surface area contributed by atoms with Crippen LogP contribution in [0.15, 0.2) is 0 Å². The molecule has 0 aliphatic carbocycles. The number of halogens is 1. The second kappa shape index (κ2) is 2.60. The molecular formula is C2H4ClO4P. The van der Waals surface area contributed by atoms with E-state index in [4.69, 9.17) is 21.4 Å². The van der Waals surface area contributed by atoms with E-state index in [9.17, 15) is 9.36 Å². The predicted molar refractivity (Wildman–Crippen MR) is 27.7 cm³/mol. The van der Waals surface area contributed by atoms with Crippen molar-refractivity contribution in [2.75, 3.05) is 0 Å². The number of carbonyl (C=O) groups excluding carboxylic acids is 1. The van der Waals surface area contributed by atoms with E-state index in [1.165, 1.54) is 0 Å². The van der Waals surface area contributed by atoms with Crippen LogP contribution in [0.3, 0.4) is 0 Å². The Balaban J connectivity index is 4.02. The molecule has 0 heterocycles. The molecule has 1 atom stereocenters. The van der Waals surface area contributed by atoms with Crippen molar-refractivity contribution in [1.29, 1.82) is 0 Å². The molecule has 0 rings (SSSR count). The van der Waals surface area contributed by atoms with Crippen molar-refractivity contribution in [3.8, 4) is 0 Å². The van der Waals surface area contributed by atoms with Crippen molar-refractivity contribution in [3.63, 3.8) is 0 Å². The summed E-state index contributed by atoms with van der Waals surface area (Å²) in [6.45, 7) is 0. The van der Waals surface area contributed by atoms with Gasteiger partial charge in [-0.25, -0.2) is 0 Å². The standard InChI is InChI=1S/C2H4ClO4P/c3-2(1-4)8(5,6)7/h1-2H,(H2,5,6,7). The number of rotatable bonds is 2. The highest BCUT2D eigenvalue weighted by Crippen LogP contribution is 2.41. The Morgan fingerprint density at radius 3 is 2.00 bits per heavy atom. The third kappa shape index (κ3) is 2.43. The van der Waals surface area contributed by atoms with Crippen LogP contribution in [0, 0.1) is 0 Å². The van der Waals surface area contributed by atoms with E-state index in [2.05, 4.69) is 0 Å². The first-order valence-corrected chi connectivity index (χ1v) is 3.75. The predicted octanol–water partition coefficient (Wildman–Crippen LogP) is -0.0721. The highest BCUT2D eigenvalue weighted by Gasteiger charge is 2.24. The van der Waals surface area contributed by atoms with E-state index in [0.717, 1.165) is 0 Å². The first kappa shape index (κ1) is 8.11. The summed E-state index contributed by atoms with van der Waals surface area (Å²) >= 11 is 4.81. The monoisotopic (exact) mass is 158 g/mol. The molecule has 0 saturated carbocycles. The minimum absolute atomic E-state index is 0.00231. The zero-order valence-corrected chi connectivity index (χ0v) is 5.34. The number of aldehydes is 1. The highest BCUT2D eigenvalue weighted by molar-refractivity contribution is 7.55. The van der Waals surface area contributed by atoms with Gasteiger partial charge in [0.1, 0.15) is 6.29 Å². The number of hydrogen-bond acceptors (Lipinski definition) is 2. The summed E-state index contributed by atoms with van der Waals surface area (Å²) in [5.41, 5.74) is 0. The Morgan fingerprint density at radius 2 is 2.00 bits per heavy atom. The molecule has 0 aromatic heterocycles. The van der Waals surface area contributed by atoms with Gasteiger partial charge in [-0.1, -0.05) is 0 Å². The molecule has 6 heteroatoms. The van der Waals surface area contributed by atoms with Crippen LogP contribution in [0.25, 0.3) is 0 Å². The smallest absolute Gasteiger partial charge is 0.323 e. The summed E-state index contributed by atoms with van der Waals surface area (Å²) in [5.74, 6) is 0. The van der Waals surface area contributed by atoms with Crippen molar-refractivity contribution in [2.45, 2.75) is 5.12 Å². The third-order valence-electron chi connectivity index (χ3n) is 0.434. The second-order valence-electron chi connectivity index (χ2n) is 1.10. The van der Waals surface area contributed by atoms with E-state index in [1.807, 2.05) is 0 Å². The average Bonchev–Trinajstić information content (AvgIpc) is 1.62. The van der Waals surface area contributed by atoms with Gasteiger partial charge in [0.25, 0.3) is 0 Å². The van der Waals surface area contributed by atoms with Crippen LogP contribution in [0.5, 0.6) is 0 Å². The van der Waals surface area contributed by atoms with E-state index in [0.29, 0.717) is 0 Å². The first-order chi connectivity index (χ1) is 3.48. The van der Waals surface area contributed by atoms with Gasteiger partial charge < -0.3 is 14.6 Å². The Morgan fingerprint density at radius 1 is 1.62 bits per heavy atom. The molecule has 0 amide bonds. The molecule has 48 valence electrons. The van der Waals surface area contributed by atoms with Gasteiger partial charge in [-0.3, -0.25) is 4.57 Å². The summed E-state index contributed by atoms with van der Waals surface area (Å²) < 4.78 is 9.89. The maximum absolute atomic E-state index is 9.89. The molecule has 0 saturated heterocycles. The molecule has 0 aromatic rings. The van der Waals surface area contributed by atoms with Gasteiger partial charge in [0.2, 0.25) is 0 Å². The Kier molecular flexibility index (Phi) is 2.63. The fourth-order valence-corrected chi connectivity index (χ4v) is 0.238. The van der Waals surface area contributed by atoms with Gasteiger partial charge >= 0.3 is 7.60 Å². The minimum Gasteiger partial charge on any atom is -0.323 e. The van der Waals surface area contributed by atoms with Crippen molar-refractivity contribution in [1.82, 2.24) is 0 Å². The Labute approximate surface area is 50.6 Å². The lowest BCUT2D eigenvalue weighted by molar-refractivity contribution is -0.106. The van der Waals surface area contributed by atoms with Crippen molar-refractivity contribution in [2.24, 2.45) is 0 Å². The van der Waals surface area contributed by atoms with Crippen LogP contribution in [0.4, 0.5) is 0 Å². The van der Waals surface area contributed by atoms with Gasteiger partial charge in [-0.15, -0.1) is 11.6 Å². The largest absolute Gasteiger partial charge is 0.350 e. The molecule has 8 heavy (non-hydrogen) atoms. The van der Waals surface area contributed by atoms with Crippen molar-refractivity contribution >= 4 is 25.5 Å². The fourth-order valence-electron chi connectivity index (χ4n) is 0.0793. The van der Waals surface area contributed by atoms with E-state index in [-0.39, 0.29) is 6.29 Å². The quantitative estimate of drug-likeness (QED) is 0.335. The molecule has 0 aromatic carbocycles. The number of alkyl halides is 1. The Hall–Kier alpha value is 0.110. The molecule has 1 unspecified atom stereocenters. The molecule has 4 nitrogen and oxygen atoms in total. The Bertz CT molecular complexity index is 128.